The minimum Gasteiger partial charge on any atom is -0.507 e. The van der Waals surface area contributed by atoms with E-state index in [1.54, 1.807) is 12.1 Å². The van der Waals surface area contributed by atoms with Crippen molar-refractivity contribution < 1.29 is 31.7 Å². The molecule has 2 aromatic heterocycles. The number of aromatic nitrogens is 3. The number of hydrogen-bond acceptors (Lipinski definition) is 3. The first-order valence-corrected chi connectivity index (χ1v) is 21.2. The standard InChI is InChI=1S/C57H58N3O.Pt/c1-35(2)41-27-42(36(3)4)29-43(28-41)39-20-22-51(37(5)26-39)60-52-19-15-18-48(54(52)59-55(60)49-34-46(56(6,7)8)21-23-53(49)61)44-30-45(32-47(31-44)57(9,10)11)50-33-40(24-25-58-50)38-16-13-12-14-17-38;/h12-29,31-36,61H,1-11H3;/q-1;/i5D3,35D;. The first-order chi connectivity index (χ1) is 30.5. The third-order valence-corrected chi connectivity index (χ3v) is 11.7. The van der Waals surface area contributed by atoms with E-state index in [2.05, 4.69) is 104 Å². The van der Waals surface area contributed by atoms with E-state index in [0.29, 0.717) is 28.1 Å². The second-order valence-electron chi connectivity index (χ2n) is 18.9. The third kappa shape index (κ3) is 8.86. The first kappa shape index (κ1) is 39.3. The summed E-state index contributed by atoms with van der Waals surface area (Å²) in [5.74, 6) is -0.201. The normalized spacial score (nSPS) is 13.3. The van der Waals surface area contributed by atoms with E-state index < -0.39 is 12.7 Å². The van der Waals surface area contributed by atoms with E-state index >= 15 is 0 Å². The summed E-state index contributed by atoms with van der Waals surface area (Å²) in [6.07, 6.45) is 1.84. The molecule has 0 aliphatic heterocycles. The van der Waals surface area contributed by atoms with Crippen LogP contribution in [0.5, 0.6) is 5.75 Å². The van der Waals surface area contributed by atoms with Gasteiger partial charge in [0.1, 0.15) is 11.6 Å². The Morgan fingerprint density at radius 1 is 0.645 bits per heavy atom. The fourth-order valence-corrected chi connectivity index (χ4v) is 7.95. The Morgan fingerprint density at radius 3 is 2.05 bits per heavy atom. The van der Waals surface area contributed by atoms with Gasteiger partial charge >= 0.3 is 0 Å². The molecule has 2 heterocycles. The van der Waals surface area contributed by atoms with Gasteiger partial charge in [0.15, 0.2) is 0 Å². The topological polar surface area (TPSA) is 50.9 Å². The van der Waals surface area contributed by atoms with Gasteiger partial charge in [-0.3, -0.25) is 9.55 Å². The van der Waals surface area contributed by atoms with Crippen LogP contribution in [0.25, 0.3) is 72.7 Å². The smallest absolute Gasteiger partial charge is 0.148 e. The largest absolute Gasteiger partial charge is 0.507 e. The summed E-state index contributed by atoms with van der Waals surface area (Å²) >= 11 is 0. The van der Waals surface area contributed by atoms with Crippen molar-refractivity contribution in [2.24, 2.45) is 0 Å². The van der Waals surface area contributed by atoms with Crippen molar-refractivity contribution in [2.45, 2.75) is 98.7 Å². The molecule has 0 bridgehead atoms. The number of pyridine rings is 1. The summed E-state index contributed by atoms with van der Waals surface area (Å²) in [5.41, 5.74) is 12.9. The Kier molecular flexibility index (Phi) is 11.0. The fourth-order valence-electron chi connectivity index (χ4n) is 7.95. The summed E-state index contributed by atoms with van der Waals surface area (Å²) in [4.78, 5) is 10.2. The summed E-state index contributed by atoms with van der Waals surface area (Å²) in [5, 5.41) is 11.7. The van der Waals surface area contributed by atoms with Crippen LogP contribution < -0.4 is 0 Å². The molecule has 0 fully saturated rings. The van der Waals surface area contributed by atoms with Gasteiger partial charge in [0.05, 0.1) is 22.3 Å². The van der Waals surface area contributed by atoms with Gasteiger partial charge in [-0.1, -0.05) is 159 Å². The summed E-state index contributed by atoms with van der Waals surface area (Å²) in [6, 6.07) is 45.8. The van der Waals surface area contributed by atoms with E-state index in [4.69, 9.17) is 15.5 Å². The molecule has 62 heavy (non-hydrogen) atoms. The second kappa shape index (κ2) is 17.3. The number of phenolic OH excluding ortho intramolecular Hbond substituents is 1. The molecule has 0 radical (unpaired) electrons. The summed E-state index contributed by atoms with van der Waals surface area (Å²) < 4.78 is 37.8. The molecule has 0 atom stereocenters. The Morgan fingerprint density at radius 2 is 1.35 bits per heavy atom. The zero-order chi connectivity index (χ0) is 46.8. The predicted octanol–water partition coefficient (Wildman–Crippen LogP) is 15.4. The Balaban J connectivity index is 0.00000648. The van der Waals surface area contributed by atoms with Crippen LogP contribution in [0.4, 0.5) is 0 Å². The number of rotatable bonds is 8. The van der Waals surface area contributed by atoms with Gasteiger partial charge in [-0.25, -0.2) is 4.98 Å². The second-order valence-corrected chi connectivity index (χ2v) is 18.9. The van der Waals surface area contributed by atoms with Crippen LogP contribution in [0.1, 0.15) is 114 Å². The van der Waals surface area contributed by atoms with Crippen LogP contribution >= 0.6 is 0 Å². The van der Waals surface area contributed by atoms with Crippen molar-refractivity contribution in [3.8, 4) is 67.5 Å². The average molecular weight is 1000 g/mol. The number of fused-ring (bicyclic) bond motifs is 1. The van der Waals surface area contributed by atoms with Crippen LogP contribution in [0.2, 0.25) is 0 Å². The van der Waals surface area contributed by atoms with Crippen molar-refractivity contribution in [3.05, 3.63) is 167 Å². The molecule has 8 aromatic rings. The van der Waals surface area contributed by atoms with Crippen LogP contribution in [0.3, 0.4) is 0 Å². The van der Waals surface area contributed by atoms with Crippen LogP contribution in [-0.4, -0.2) is 19.6 Å². The maximum atomic E-state index is 11.7. The molecular weight excluding hydrogens is 938 g/mol. The quantitative estimate of drug-likeness (QED) is 0.154. The van der Waals surface area contributed by atoms with Crippen LogP contribution in [0.15, 0.2) is 134 Å². The van der Waals surface area contributed by atoms with Gasteiger partial charge in [-0.15, -0.1) is 29.3 Å². The Labute approximate surface area is 389 Å². The monoisotopic (exact) mass is 999 g/mol. The molecule has 4 nitrogen and oxygen atoms in total. The van der Waals surface area contributed by atoms with Gasteiger partial charge in [-0.2, -0.15) is 0 Å². The molecule has 0 spiro atoms. The zero-order valence-corrected chi connectivity index (χ0v) is 39.7. The minimum atomic E-state index is -2.54. The molecule has 8 rings (SSSR count). The Hall–Kier alpha value is -5.57. The van der Waals surface area contributed by atoms with Crippen molar-refractivity contribution in [2.75, 3.05) is 0 Å². The third-order valence-electron chi connectivity index (χ3n) is 11.7. The van der Waals surface area contributed by atoms with Crippen molar-refractivity contribution in [3.63, 3.8) is 0 Å². The molecule has 0 unspecified atom stereocenters. The zero-order valence-electron chi connectivity index (χ0n) is 41.4. The number of imidazole rings is 1. The SMILES string of the molecule is [2H]C([2H])([2H])c1cc(-c2cc(C(C)C)cc(C([2H])(C)C)c2)ccc1-n1c(-c2cc(C(C)(C)C)ccc2O)nc2c(-c3[c-]c(-c4cc(-c5ccccc5)ccn4)cc(C(C)(C)C)c3)cccc21.[Pt]. The number of aryl methyl sites for hydroxylation is 1. The molecule has 0 aliphatic carbocycles. The van der Waals surface area contributed by atoms with E-state index in [9.17, 15) is 5.11 Å². The maximum Gasteiger partial charge on any atom is 0.148 e. The number of aromatic hydroxyl groups is 1. The number of para-hydroxylation sites is 1. The van der Waals surface area contributed by atoms with Gasteiger partial charge < -0.3 is 5.11 Å². The molecular formula is C57H58N3OPt-. The van der Waals surface area contributed by atoms with Gasteiger partial charge in [-0.05, 0) is 110 Å². The Bertz CT molecular complexity index is 3080. The molecule has 0 amide bonds. The molecule has 5 heteroatoms. The van der Waals surface area contributed by atoms with Crippen molar-refractivity contribution >= 4 is 11.0 Å². The number of nitrogens with zero attached hydrogens (tertiary/aromatic N) is 3. The van der Waals surface area contributed by atoms with E-state index in [1.807, 2.05) is 97.4 Å². The molecule has 6 aromatic carbocycles. The molecule has 318 valence electrons. The minimum absolute atomic E-state index is 0. The first-order valence-electron chi connectivity index (χ1n) is 23.2. The summed E-state index contributed by atoms with van der Waals surface area (Å²) in [7, 11) is 0. The van der Waals surface area contributed by atoms with Crippen LogP contribution in [-0.2, 0) is 31.9 Å². The van der Waals surface area contributed by atoms with Gasteiger partial charge in [0.25, 0.3) is 0 Å². The predicted molar refractivity (Wildman–Crippen MR) is 257 cm³/mol. The number of hydrogen-bond donors (Lipinski definition) is 1. The average Bonchev–Trinajstić information content (AvgIpc) is 3.64. The van der Waals surface area contributed by atoms with Gasteiger partial charge in [0.2, 0.25) is 0 Å². The van der Waals surface area contributed by atoms with Gasteiger partial charge in [0, 0.05) is 38.4 Å². The maximum absolute atomic E-state index is 11.7. The molecule has 0 aliphatic rings. The van der Waals surface area contributed by atoms with Crippen molar-refractivity contribution in [1.82, 2.24) is 14.5 Å². The fraction of sp³-hybridized carbons (Fsp3) is 0.263. The molecule has 1 N–H and O–H groups in total. The molecule has 0 saturated carbocycles. The summed E-state index contributed by atoms with van der Waals surface area (Å²) in [6.45, 7) is 18.4. The van der Waals surface area contributed by atoms with E-state index in [-0.39, 0.29) is 49.1 Å². The number of benzene rings is 6. The van der Waals surface area contributed by atoms with Crippen LogP contribution in [0, 0.1) is 12.9 Å². The van der Waals surface area contributed by atoms with Crippen molar-refractivity contribution in [1.29, 1.82) is 0 Å². The molecule has 0 saturated heterocycles. The number of phenols is 1. The van der Waals surface area contributed by atoms with E-state index in [0.717, 1.165) is 66.9 Å². The van der Waals surface area contributed by atoms with E-state index in [1.165, 1.54) is 0 Å².